The van der Waals surface area contributed by atoms with Crippen LogP contribution in [0.3, 0.4) is 0 Å². The van der Waals surface area contributed by atoms with Gasteiger partial charge in [0.05, 0.1) is 6.26 Å². The number of hydrogen-bond donors (Lipinski definition) is 3. The van der Waals surface area contributed by atoms with Crippen LogP contribution in [0.4, 0.5) is 15.8 Å². The Balaban J connectivity index is 1.69. The van der Waals surface area contributed by atoms with Gasteiger partial charge < -0.3 is 10.4 Å². The number of sulfonamides is 1. The van der Waals surface area contributed by atoms with Crippen LogP contribution in [-0.2, 0) is 25.0 Å². The van der Waals surface area contributed by atoms with Gasteiger partial charge in [0.15, 0.2) is 5.82 Å². The first-order valence-electron chi connectivity index (χ1n) is 8.96. The van der Waals surface area contributed by atoms with Crippen LogP contribution >= 0.6 is 0 Å². The monoisotopic (exact) mass is 458 g/mol. The molecule has 0 radical (unpaired) electrons. The molecule has 13 heteroatoms. The number of amides is 1. The van der Waals surface area contributed by atoms with Crippen molar-refractivity contribution >= 4 is 48.3 Å². The van der Waals surface area contributed by atoms with Gasteiger partial charge in [-0.05, 0) is 30.0 Å². The van der Waals surface area contributed by atoms with Crippen LogP contribution < -0.4 is 14.3 Å². The van der Waals surface area contributed by atoms with Gasteiger partial charge in [-0.15, -0.1) is 0 Å². The maximum absolute atomic E-state index is 15.2. The zero-order chi connectivity index (χ0) is 21.8. The molecule has 1 unspecified atom stereocenters. The Hall–Kier alpha value is -2.64. The Morgan fingerprint density at radius 3 is 2.63 bits per heavy atom. The van der Waals surface area contributed by atoms with Gasteiger partial charge in [-0.1, -0.05) is 6.07 Å². The van der Waals surface area contributed by atoms with Gasteiger partial charge in [-0.2, -0.15) is 8.42 Å². The van der Waals surface area contributed by atoms with E-state index in [1.165, 1.54) is 16.4 Å². The number of halogens is 1. The number of nitrogens with zero attached hydrogens (tertiary/aromatic N) is 2. The molecule has 0 aromatic heterocycles. The zero-order valence-electron chi connectivity index (χ0n) is 15.8. The third kappa shape index (κ3) is 3.63. The van der Waals surface area contributed by atoms with Gasteiger partial charge in [0.2, 0.25) is 10.0 Å². The van der Waals surface area contributed by atoms with Crippen molar-refractivity contribution in [1.82, 2.24) is 9.03 Å². The number of hydrogen-bond acceptors (Lipinski definition) is 7. The lowest BCUT2D eigenvalue weighted by Crippen LogP contribution is -2.30. The molecule has 0 aliphatic carbocycles. The molecule has 0 saturated carbocycles. The molecule has 10 nitrogen and oxygen atoms in total. The minimum absolute atomic E-state index is 0.0420. The van der Waals surface area contributed by atoms with Crippen LogP contribution in [0.25, 0.3) is 10.8 Å². The number of benzene rings is 2. The van der Waals surface area contributed by atoms with Crippen LogP contribution in [0.2, 0.25) is 0 Å². The van der Waals surface area contributed by atoms with E-state index in [9.17, 15) is 26.7 Å². The van der Waals surface area contributed by atoms with E-state index in [-0.39, 0.29) is 18.0 Å². The highest BCUT2D eigenvalue weighted by Gasteiger charge is 2.38. The zero-order valence-corrected chi connectivity index (χ0v) is 17.4. The summed E-state index contributed by atoms with van der Waals surface area (Å²) in [6.07, 6.45) is 1.72. The highest BCUT2D eigenvalue weighted by Crippen LogP contribution is 2.39. The van der Waals surface area contributed by atoms with Gasteiger partial charge in [0.1, 0.15) is 18.0 Å². The molecule has 2 aromatic rings. The number of aromatic hydroxyl groups is 1. The Kier molecular flexibility index (Phi) is 4.78. The lowest BCUT2D eigenvalue weighted by Gasteiger charge is -2.19. The van der Waals surface area contributed by atoms with E-state index >= 15 is 4.39 Å². The molecule has 1 amide bonds. The number of carbonyl (C=O) groups excluding carboxylic acids is 1. The lowest BCUT2D eigenvalue weighted by atomic mass is 10.1. The van der Waals surface area contributed by atoms with Crippen molar-refractivity contribution in [1.29, 1.82) is 0 Å². The number of carbonyl (C=O) groups is 1. The molecule has 2 fully saturated rings. The fraction of sp³-hybridized carbons (Fsp3) is 0.353. The molecule has 2 aliphatic rings. The Bertz CT molecular complexity index is 1260. The van der Waals surface area contributed by atoms with Crippen LogP contribution in [0, 0.1) is 5.82 Å². The van der Waals surface area contributed by atoms with E-state index < -0.39 is 49.9 Å². The minimum Gasteiger partial charge on any atom is -0.506 e. The molecule has 3 N–H and O–H groups in total. The smallest absolute Gasteiger partial charge is 0.326 e. The van der Waals surface area contributed by atoms with Crippen LogP contribution in [0.15, 0.2) is 24.3 Å². The molecule has 1 atom stereocenters. The van der Waals surface area contributed by atoms with Gasteiger partial charge >= 0.3 is 10.2 Å². The molecular weight excluding hydrogens is 439 g/mol. The summed E-state index contributed by atoms with van der Waals surface area (Å²) in [5, 5.41) is 13.7. The predicted molar refractivity (Wildman–Crippen MR) is 108 cm³/mol. The lowest BCUT2D eigenvalue weighted by molar-refractivity contribution is -0.117. The quantitative estimate of drug-likeness (QED) is 0.600. The third-order valence-corrected chi connectivity index (χ3v) is 7.74. The summed E-state index contributed by atoms with van der Waals surface area (Å²) >= 11 is 0. The third-order valence-electron chi connectivity index (χ3n) is 5.09. The first-order valence-corrected chi connectivity index (χ1v) is 12.2. The Labute approximate surface area is 172 Å². The van der Waals surface area contributed by atoms with E-state index in [2.05, 4.69) is 5.32 Å². The summed E-state index contributed by atoms with van der Waals surface area (Å²) < 4.78 is 66.3. The van der Waals surface area contributed by atoms with E-state index in [0.29, 0.717) is 28.3 Å². The highest BCUT2D eigenvalue weighted by atomic mass is 32.2. The summed E-state index contributed by atoms with van der Waals surface area (Å²) in [7, 11) is -7.59. The number of anilines is 2. The Morgan fingerprint density at radius 2 is 2.03 bits per heavy atom. The number of rotatable bonds is 4. The number of nitrogens with one attached hydrogen (secondary N) is 2. The SMILES string of the molecule is CS(=O)(=O)N1CCC(Nc2ccc3cc(O)c(N4CC(=O)NS4(=O)=O)c(F)c3c2)C1. The van der Waals surface area contributed by atoms with Crippen LogP contribution in [0.1, 0.15) is 6.42 Å². The van der Waals surface area contributed by atoms with E-state index in [4.69, 9.17) is 0 Å². The second-order valence-electron chi connectivity index (χ2n) is 7.28. The van der Waals surface area contributed by atoms with Crippen molar-refractivity contribution in [2.45, 2.75) is 12.5 Å². The molecule has 0 spiro atoms. The van der Waals surface area contributed by atoms with Crippen LogP contribution in [0.5, 0.6) is 5.75 Å². The normalized spacial score (nSPS) is 21.9. The van der Waals surface area contributed by atoms with Crippen molar-refractivity contribution in [3.63, 3.8) is 0 Å². The first kappa shape index (κ1) is 20.6. The summed E-state index contributed by atoms with van der Waals surface area (Å²) in [6.45, 7) is 0.0178. The van der Waals surface area contributed by atoms with Crippen molar-refractivity contribution in [3.05, 3.63) is 30.1 Å². The van der Waals surface area contributed by atoms with Crippen molar-refractivity contribution < 1.29 is 31.1 Å². The standard InChI is InChI=1S/C17H19FN4O6S2/c1-29(25,26)21-5-4-12(8-21)19-11-3-2-10-6-14(23)17(16(18)13(10)7-11)22-9-15(24)20-30(22,27)28/h2-3,6-7,12,19,23H,4-5,8-9H2,1H3,(H,20,24). The molecule has 30 heavy (non-hydrogen) atoms. The number of phenols is 1. The molecule has 2 aliphatic heterocycles. The molecular formula is C17H19FN4O6S2. The fourth-order valence-corrected chi connectivity index (χ4v) is 5.74. The molecule has 0 bridgehead atoms. The summed E-state index contributed by atoms with van der Waals surface area (Å²) in [6, 6.07) is 5.71. The van der Waals surface area contributed by atoms with Gasteiger partial charge in [-0.3, -0.25) is 4.79 Å². The Morgan fingerprint density at radius 1 is 1.30 bits per heavy atom. The topological polar surface area (TPSA) is 136 Å². The summed E-state index contributed by atoms with van der Waals surface area (Å²) in [5.41, 5.74) is -0.0982. The predicted octanol–water partition coefficient (Wildman–Crippen LogP) is 0.311. The average Bonchev–Trinajstić information content (AvgIpc) is 3.19. The molecule has 2 saturated heterocycles. The molecule has 4 rings (SSSR count). The second-order valence-corrected chi connectivity index (χ2v) is 10.9. The first-order chi connectivity index (χ1) is 14.0. The van der Waals surface area contributed by atoms with Crippen molar-refractivity contribution in [3.8, 4) is 5.75 Å². The van der Waals surface area contributed by atoms with E-state index in [0.717, 1.165) is 6.26 Å². The molecule has 2 aromatic carbocycles. The van der Waals surface area contributed by atoms with E-state index in [1.54, 1.807) is 16.9 Å². The molecule has 162 valence electrons. The maximum Gasteiger partial charge on any atom is 0.326 e. The summed E-state index contributed by atoms with van der Waals surface area (Å²) in [4.78, 5) is 11.5. The van der Waals surface area contributed by atoms with Crippen molar-refractivity contribution in [2.75, 3.05) is 35.5 Å². The summed E-state index contributed by atoms with van der Waals surface area (Å²) in [5.74, 6) is -2.43. The van der Waals surface area contributed by atoms with Gasteiger partial charge in [-0.25, -0.2) is 26.1 Å². The number of fused-ring (bicyclic) bond motifs is 1. The minimum atomic E-state index is -4.30. The second kappa shape index (κ2) is 6.96. The van der Waals surface area contributed by atoms with E-state index in [1.807, 2.05) is 0 Å². The maximum atomic E-state index is 15.2. The largest absolute Gasteiger partial charge is 0.506 e. The van der Waals surface area contributed by atoms with Gasteiger partial charge in [0.25, 0.3) is 5.91 Å². The van der Waals surface area contributed by atoms with Crippen LogP contribution in [-0.4, -0.2) is 64.1 Å². The average molecular weight is 458 g/mol. The molecule has 2 heterocycles. The van der Waals surface area contributed by atoms with Crippen molar-refractivity contribution in [2.24, 2.45) is 0 Å². The fourth-order valence-electron chi connectivity index (χ4n) is 3.68. The van der Waals surface area contributed by atoms with Gasteiger partial charge in [0, 0.05) is 30.2 Å². The highest BCUT2D eigenvalue weighted by molar-refractivity contribution is 7.92. The number of phenolic OH excluding ortho intramolecular Hbond substituents is 1.